The Morgan fingerprint density at radius 2 is 1.76 bits per heavy atom. The predicted octanol–water partition coefficient (Wildman–Crippen LogP) is 8.81. The minimum absolute atomic E-state index is 0.264. The van der Waals surface area contributed by atoms with E-state index in [0.717, 1.165) is 18.4 Å². The number of nitrogens with one attached hydrogen (secondary N) is 1. The molecule has 1 aliphatic carbocycles. The van der Waals surface area contributed by atoms with Crippen molar-refractivity contribution in [3.8, 4) is 11.5 Å². The number of pyridine rings is 1. The lowest BCUT2D eigenvalue weighted by atomic mass is 9.89. The number of hydrogen-bond acceptors (Lipinski definition) is 5. The zero-order valence-corrected chi connectivity index (χ0v) is 25.2. The van der Waals surface area contributed by atoms with Gasteiger partial charge < -0.3 is 9.84 Å². The minimum atomic E-state index is -1.13. The molecule has 1 atom stereocenters. The number of fused-ring (bicyclic) bond motifs is 1. The summed E-state index contributed by atoms with van der Waals surface area (Å²) in [6.45, 7) is 0.264. The van der Waals surface area contributed by atoms with Gasteiger partial charge in [-0.15, -0.1) is 11.6 Å². The molecule has 1 fully saturated rings. The van der Waals surface area contributed by atoms with Crippen LogP contribution in [0, 0.1) is 10.6 Å². The van der Waals surface area contributed by atoms with Crippen LogP contribution in [0.3, 0.4) is 0 Å². The summed E-state index contributed by atoms with van der Waals surface area (Å²) in [6, 6.07) is 18.3. The molecule has 41 heavy (non-hydrogen) atoms. The lowest BCUT2D eigenvalue weighted by molar-refractivity contribution is 0.00728. The van der Waals surface area contributed by atoms with Crippen LogP contribution in [0.25, 0.3) is 10.9 Å². The van der Waals surface area contributed by atoms with Crippen molar-refractivity contribution in [2.24, 2.45) is 0 Å². The largest absolute Gasteiger partial charge is 0.457 e. The number of ether oxygens (including phenoxy) is 1. The maximum Gasteiger partial charge on any atom is 0.215 e. The van der Waals surface area contributed by atoms with Gasteiger partial charge in [0.05, 0.1) is 27.3 Å². The number of aromatic amines is 1. The van der Waals surface area contributed by atoms with Gasteiger partial charge in [-0.3, -0.25) is 14.8 Å². The van der Waals surface area contributed by atoms with Crippen LogP contribution >= 0.6 is 58.6 Å². The molecule has 0 saturated heterocycles. The first-order valence-electron chi connectivity index (χ1n) is 12.5. The molecule has 212 valence electrons. The molecule has 2 N–H and O–H groups in total. The van der Waals surface area contributed by atoms with Crippen LogP contribution in [0.4, 0.5) is 4.39 Å². The average molecular weight is 652 g/mol. The van der Waals surface area contributed by atoms with E-state index in [9.17, 15) is 9.50 Å². The van der Waals surface area contributed by atoms with Crippen LogP contribution in [0.2, 0.25) is 15.1 Å². The maximum atomic E-state index is 12.9. The second-order valence-electron chi connectivity index (χ2n) is 9.67. The zero-order valence-electron chi connectivity index (χ0n) is 21.3. The number of hydrogen-bond donors (Lipinski definition) is 2. The first-order chi connectivity index (χ1) is 19.6. The molecule has 1 saturated carbocycles. The van der Waals surface area contributed by atoms with Gasteiger partial charge in [0.25, 0.3) is 0 Å². The molecule has 6 rings (SSSR count). The number of rotatable bonds is 7. The predicted molar refractivity (Wildman–Crippen MR) is 164 cm³/mol. The molecule has 12 heteroatoms. The van der Waals surface area contributed by atoms with E-state index in [1.54, 1.807) is 41.2 Å². The highest BCUT2D eigenvalue weighted by Crippen LogP contribution is 2.53. The number of aromatic nitrogens is 4. The highest BCUT2D eigenvalue weighted by molar-refractivity contribution is 7.71. The standard InChI is InChI=1S/C15H8Cl2FNO.C14H15Cl2N3OS/c16-9-7-12(17)15-13(8-9)19-6-5-14(15)20-11-3-1-10(18)2-4-11;15-11-4-2-1-3-10(11)7-14(20,13(16)5-6-13)8-19-12(21)17-9-18-19/h1-8H;1-4,9,20H,5-8H2,(H,17,18,21). The van der Waals surface area contributed by atoms with E-state index in [1.165, 1.54) is 18.5 Å². The Morgan fingerprint density at radius 3 is 2.41 bits per heavy atom. The Bertz CT molecular complexity index is 1740. The van der Waals surface area contributed by atoms with Crippen molar-refractivity contribution in [3.05, 3.63) is 110 Å². The Hall–Kier alpha value is -2.72. The van der Waals surface area contributed by atoms with Gasteiger partial charge in [0.1, 0.15) is 29.2 Å². The molecule has 0 radical (unpaired) electrons. The number of halogens is 5. The van der Waals surface area contributed by atoms with Gasteiger partial charge in [-0.25, -0.2) is 9.37 Å². The van der Waals surface area contributed by atoms with Crippen molar-refractivity contribution in [2.45, 2.75) is 36.3 Å². The van der Waals surface area contributed by atoms with Crippen LogP contribution in [0.1, 0.15) is 18.4 Å². The van der Waals surface area contributed by atoms with Gasteiger partial charge in [0.15, 0.2) is 0 Å². The molecule has 5 aromatic rings. The van der Waals surface area contributed by atoms with E-state index < -0.39 is 10.5 Å². The van der Waals surface area contributed by atoms with Gasteiger partial charge in [-0.05, 0) is 79.2 Å². The number of alkyl halides is 1. The van der Waals surface area contributed by atoms with Crippen LogP contribution in [-0.4, -0.2) is 35.3 Å². The van der Waals surface area contributed by atoms with Crippen molar-refractivity contribution in [1.29, 1.82) is 0 Å². The molecule has 2 aromatic heterocycles. The molecule has 0 aliphatic heterocycles. The lowest BCUT2D eigenvalue weighted by Gasteiger charge is -2.33. The second kappa shape index (κ2) is 12.3. The Morgan fingerprint density at radius 1 is 1.02 bits per heavy atom. The van der Waals surface area contributed by atoms with Gasteiger partial charge in [-0.1, -0.05) is 53.0 Å². The Labute approximate surface area is 260 Å². The van der Waals surface area contributed by atoms with Crippen LogP contribution in [0.5, 0.6) is 11.5 Å². The van der Waals surface area contributed by atoms with Crippen molar-refractivity contribution < 1.29 is 14.2 Å². The highest BCUT2D eigenvalue weighted by atomic mass is 35.5. The van der Waals surface area contributed by atoms with Crippen molar-refractivity contribution in [1.82, 2.24) is 19.7 Å². The fourth-order valence-electron chi connectivity index (χ4n) is 4.43. The molecular weight excluding hydrogens is 629 g/mol. The maximum absolute atomic E-state index is 12.9. The lowest BCUT2D eigenvalue weighted by Crippen LogP contribution is -2.47. The normalized spacial score (nSPS) is 15.1. The van der Waals surface area contributed by atoms with E-state index in [2.05, 4.69) is 15.1 Å². The molecular formula is C29H23Cl4FN4O2S. The first kappa shape index (κ1) is 29.8. The van der Waals surface area contributed by atoms with Crippen LogP contribution < -0.4 is 4.74 Å². The summed E-state index contributed by atoms with van der Waals surface area (Å²) in [6.07, 6.45) is 5.03. The van der Waals surface area contributed by atoms with Gasteiger partial charge in [0, 0.05) is 22.7 Å². The van der Waals surface area contributed by atoms with Crippen LogP contribution in [0.15, 0.2) is 79.3 Å². The zero-order chi connectivity index (χ0) is 29.2. The third kappa shape index (κ3) is 6.85. The molecule has 2 heterocycles. The smallest absolute Gasteiger partial charge is 0.215 e. The summed E-state index contributed by atoms with van der Waals surface area (Å²) in [4.78, 5) is 7.55. The SMILES string of the molecule is Fc1ccc(Oc2ccnc3cc(Cl)cc(Cl)c23)cc1.OC(Cc1ccccc1Cl)(Cn1[nH]cnc1=S)C1(Cl)CC1. The molecule has 0 bridgehead atoms. The van der Waals surface area contributed by atoms with E-state index in [1.807, 2.05) is 24.3 Å². The fourth-order valence-corrected chi connectivity index (χ4v) is 5.60. The Balaban J connectivity index is 0.000000165. The summed E-state index contributed by atoms with van der Waals surface area (Å²) in [5, 5.41) is 16.4. The van der Waals surface area contributed by atoms with E-state index in [0.29, 0.717) is 48.7 Å². The quantitative estimate of drug-likeness (QED) is 0.136. The van der Waals surface area contributed by atoms with Crippen molar-refractivity contribution >= 4 is 69.5 Å². The second-order valence-corrected chi connectivity index (χ2v) is 12.0. The molecule has 6 nitrogen and oxygen atoms in total. The monoisotopic (exact) mass is 650 g/mol. The van der Waals surface area contributed by atoms with E-state index in [4.69, 9.17) is 63.4 Å². The van der Waals surface area contributed by atoms with E-state index >= 15 is 0 Å². The van der Waals surface area contributed by atoms with Gasteiger partial charge in [0.2, 0.25) is 4.77 Å². The first-order valence-corrected chi connectivity index (χ1v) is 14.4. The fraction of sp³-hybridized carbons (Fsp3) is 0.207. The third-order valence-corrected chi connectivity index (χ3v) is 8.71. The van der Waals surface area contributed by atoms with Gasteiger partial charge >= 0.3 is 0 Å². The van der Waals surface area contributed by atoms with Crippen molar-refractivity contribution in [2.75, 3.05) is 0 Å². The molecule has 0 spiro atoms. The van der Waals surface area contributed by atoms with Crippen LogP contribution in [-0.2, 0) is 13.0 Å². The third-order valence-electron chi connectivity index (χ3n) is 6.76. The number of benzene rings is 3. The molecule has 1 aliphatic rings. The molecule has 1 unspecified atom stereocenters. The highest BCUT2D eigenvalue weighted by Gasteiger charge is 2.58. The number of H-pyrrole nitrogens is 1. The van der Waals surface area contributed by atoms with Crippen molar-refractivity contribution in [3.63, 3.8) is 0 Å². The summed E-state index contributed by atoms with van der Waals surface area (Å²) in [7, 11) is 0. The summed E-state index contributed by atoms with van der Waals surface area (Å²) in [5.74, 6) is 0.745. The summed E-state index contributed by atoms with van der Waals surface area (Å²) in [5.41, 5.74) is 0.381. The molecule has 3 aromatic carbocycles. The summed E-state index contributed by atoms with van der Waals surface area (Å²) < 4.78 is 20.6. The van der Waals surface area contributed by atoms with Gasteiger partial charge in [-0.2, -0.15) is 0 Å². The Kier molecular flexibility index (Phi) is 8.90. The number of nitrogens with zero attached hydrogens (tertiary/aromatic N) is 3. The topological polar surface area (TPSA) is 76.0 Å². The molecule has 0 amide bonds. The number of aliphatic hydroxyl groups is 1. The summed E-state index contributed by atoms with van der Waals surface area (Å²) >= 11 is 30.0. The minimum Gasteiger partial charge on any atom is -0.457 e. The van der Waals surface area contributed by atoms with E-state index in [-0.39, 0.29) is 12.4 Å². The average Bonchev–Trinajstić information content (AvgIpc) is 3.58.